The smallest absolute Gasteiger partial charge is 0.364 e. The second kappa shape index (κ2) is 16.3. The summed E-state index contributed by atoms with van der Waals surface area (Å²) in [5, 5.41) is 0. The van der Waals surface area contributed by atoms with Crippen LogP contribution in [0.5, 0.6) is 0 Å². The number of benzene rings is 2. The van der Waals surface area contributed by atoms with Crippen LogP contribution in [0.15, 0.2) is 97.6 Å². The Morgan fingerprint density at radius 1 is 0.667 bits per heavy atom. The number of aromatic nitrogens is 2. The monoisotopic (exact) mass is 575 g/mol. The number of hydrogen-bond donors (Lipinski definition) is 0. The first kappa shape index (κ1) is 33.3. The molecule has 0 spiro atoms. The SMILES string of the molecule is C.CS(=O)(=O)[O-].Cc1ccc(-c2cc[n+](OCO[n+]3ccc(-c4ccc(C)cc4)cc3)cc2)cc1.O=S([O-])[O-]. The maximum atomic E-state index is 9.08. The fourth-order valence-corrected chi connectivity index (χ4v) is 3.02. The van der Waals surface area contributed by atoms with Gasteiger partial charge in [0, 0.05) is 40.0 Å². The largest absolute Gasteiger partial charge is 0.784 e. The Labute approximate surface area is 231 Å². The molecule has 0 aliphatic heterocycles. The predicted molar refractivity (Wildman–Crippen MR) is 144 cm³/mol. The van der Waals surface area contributed by atoms with Gasteiger partial charge in [0.1, 0.15) is 0 Å². The first-order valence-corrected chi connectivity index (χ1v) is 13.8. The van der Waals surface area contributed by atoms with E-state index < -0.39 is 21.5 Å². The quantitative estimate of drug-likeness (QED) is 0.147. The van der Waals surface area contributed by atoms with Crippen molar-refractivity contribution in [3.05, 3.63) is 109 Å². The van der Waals surface area contributed by atoms with Crippen LogP contribution in [0.2, 0.25) is 0 Å². The Hall–Kier alpha value is -3.68. The second-order valence-electron chi connectivity index (χ2n) is 7.91. The Kier molecular flexibility index (Phi) is 14.0. The van der Waals surface area contributed by atoms with Crippen molar-refractivity contribution in [2.24, 2.45) is 0 Å². The van der Waals surface area contributed by atoms with Gasteiger partial charge >= 0.3 is 6.79 Å². The van der Waals surface area contributed by atoms with E-state index in [9.17, 15) is 0 Å². The Balaban J connectivity index is 0.000000664. The molecule has 0 radical (unpaired) electrons. The van der Waals surface area contributed by atoms with Gasteiger partial charge in [-0.1, -0.05) is 67.1 Å². The lowest BCUT2D eigenvalue weighted by atomic mass is 10.1. The summed E-state index contributed by atoms with van der Waals surface area (Å²) in [6.07, 6.45) is 8.12. The molecule has 0 fully saturated rings. The molecule has 0 bridgehead atoms. The van der Waals surface area contributed by atoms with Gasteiger partial charge in [-0.2, -0.15) is 0 Å². The van der Waals surface area contributed by atoms with Crippen LogP contribution in [0.25, 0.3) is 22.3 Å². The third-order valence-electron chi connectivity index (χ3n) is 4.78. The molecule has 210 valence electrons. The van der Waals surface area contributed by atoms with E-state index in [1.807, 2.05) is 49.1 Å². The summed E-state index contributed by atoms with van der Waals surface area (Å²) in [5.41, 5.74) is 7.17. The van der Waals surface area contributed by atoms with Crippen LogP contribution in [-0.2, 0) is 21.5 Å². The van der Waals surface area contributed by atoms with E-state index >= 15 is 0 Å². The van der Waals surface area contributed by atoms with Gasteiger partial charge in [0.2, 0.25) is 24.8 Å². The van der Waals surface area contributed by atoms with Crippen molar-refractivity contribution < 1.29 is 45.4 Å². The van der Waals surface area contributed by atoms with Crippen molar-refractivity contribution in [2.45, 2.75) is 21.3 Å². The van der Waals surface area contributed by atoms with Gasteiger partial charge in [0.15, 0.2) is 0 Å². The first-order valence-electron chi connectivity index (χ1n) is 11.0. The lowest BCUT2D eigenvalue weighted by Crippen LogP contribution is -2.51. The normalized spacial score (nSPS) is 10.2. The summed E-state index contributed by atoms with van der Waals surface area (Å²) in [4.78, 5) is 11.2. The number of aryl methyl sites for hydroxylation is 2. The predicted octanol–water partition coefficient (Wildman–Crippen LogP) is 2.52. The zero-order valence-corrected chi connectivity index (χ0v) is 22.6. The number of hydrogen-bond acceptors (Lipinski definition) is 8. The van der Waals surface area contributed by atoms with Crippen LogP contribution in [0, 0.1) is 13.8 Å². The van der Waals surface area contributed by atoms with Crippen molar-refractivity contribution >= 4 is 21.5 Å². The van der Waals surface area contributed by atoms with E-state index in [1.165, 1.54) is 22.3 Å². The second-order valence-corrected chi connectivity index (χ2v) is 9.73. The molecule has 0 atom stereocenters. The van der Waals surface area contributed by atoms with Crippen molar-refractivity contribution in [1.29, 1.82) is 0 Å². The third-order valence-corrected chi connectivity index (χ3v) is 4.78. The maximum absolute atomic E-state index is 9.08. The zero-order valence-electron chi connectivity index (χ0n) is 20.9. The van der Waals surface area contributed by atoms with Gasteiger partial charge < -0.3 is 13.7 Å². The van der Waals surface area contributed by atoms with Crippen LogP contribution < -0.4 is 19.1 Å². The number of pyridine rings is 2. The zero-order chi connectivity index (χ0) is 28.1. The standard InChI is InChI=1S/C25H24N2O2.CH4O3S.CH4.H2O3S/c1-20-3-7-22(8-4-20)24-11-15-26(16-12-24)28-19-29-27-17-13-25(14-18-27)23-9-5-21(2)6-10-23;1-5(2,3)4;;1-4(2)3/h3-18H,19H2,1-2H3;1H3,(H,2,3,4);1H4;(H2,1,2,3)/q+2;;;/p-3. The van der Waals surface area contributed by atoms with Gasteiger partial charge in [-0.05, 0) is 36.1 Å². The molecule has 4 rings (SSSR count). The minimum absolute atomic E-state index is 0. The molecule has 0 saturated carbocycles. The molecule has 0 unspecified atom stereocenters. The van der Waals surface area contributed by atoms with E-state index in [2.05, 4.69) is 62.4 Å². The molecule has 2 aromatic heterocycles. The van der Waals surface area contributed by atoms with Crippen molar-refractivity contribution in [3.8, 4) is 22.3 Å². The molecule has 2 heterocycles. The lowest BCUT2D eigenvalue weighted by Gasteiger charge is -2.03. The highest BCUT2D eigenvalue weighted by molar-refractivity contribution is 7.84. The Morgan fingerprint density at radius 2 is 0.897 bits per heavy atom. The highest BCUT2D eigenvalue weighted by Gasteiger charge is 2.08. The van der Waals surface area contributed by atoms with Crippen LogP contribution >= 0.6 is 0 Å². The molecule has 10 nitrogen and oxygen atoms in total. The van der Waals surface area contributed by atoms with E-state index in [0.717, 1.165) is 11.1 Å². The van der Waals surface area contributed by atoms with Gasteiger partial charge in [-0.25, -0.2) is 18.1 Å². The molecular weight excluding hydrogens is 544 g/mol. The van der Waals surface area contributed by atoms with Gasteiger partial charge in [0.25, 0.3) is 0 Å². The molecule has 0 saturated heterocycles. The van der Waals surface area contributed by atoms with Crippen molar-refractivity contribution in [3.63, 3.8) is 0 Å². The topological polar surface area (TPSA) is 147 Å². The average Bonchev–Trinajstić information content (AvgIpc) is 2.85. The summed E-state index contributed by atoms with van der Waals surface area (Å²) in [6, 6.07) is 25.0. The maximum Gasteiger partial charge on any atom is 0.364 e. The van der Waals surface area contributed by atoms with Crippen LogP contribution in [0.3, 0.4) is 0 Å². The van der Waals surface area contributed by atoms with Gasteiger partial charge in [-0.3, -0.25) is 4.21 Å². The van der Waals surface area contributed by atoms with Gasteiger partial charge in [-0.15, -0.1) is 11.4 Å². The highest BCUT2D eigenvalue weighted by atomic mass is 32.2. The molecular formula is C27H31N2O8S2-. The average molecular weight is 576 g/mol. The van der Waals surface area contributed by atoms with Crippen LogP contribution in [-0.4, -0.2) is 39.3 Å². The number of nitrogens with zero attached hydrogens (tertiary/aromatic N) is 2. The molecule has 2 aromatic carbocycles. The molecule has 0 amide bonds. The number of rotatable bonds is 6. The third kappa shape index (κ3) is 14.2. The summed E-state index contributed by atoms with van der Waals surface area (Å²) in [5.74, 6) is 0. The summed E-state index contributed by atoms with van der Waals surface area (Å²) >= 11 is -3.11. The summed E-state index contributed by atoms with van der Waals surface area (Å²) in [6.45, 7) is 4.28. The minimum Gasteiger partial charge on any atom is -0.784 e. The van der Waals surface area contributed by atoms with Gasteiger partial charge in [0.05, 0.1) is 10.1 Å². The van der Waals surface area contributed by atoms with Crippen LogP contribution in [0.1, 0.15) is 18.6 Å². The summed E-state index contributed by atoms with van der Waals surface area (Å²) in [7, 11) is -3.92. The lowest BCUT2D eigenvalue weighted by molar-refractivity contribution is -0.950. The molecule has 0 aliphatic carbocycles. The van der Waals surface area contributed by atoms with E-state index in [-0.39, 0.29) is 14.2 Å². The molecule has 4 aromatic rings. The molecule has 39 heavy (non-hydrogen) atoms. The minimum atomic E-state index is -3.92. The van der Waals surface area contributed by atoms with Crippen molar-refractivity contribution in [2.75, 3.05) is 13.0 Å². The molecule has 0 N–H and O–H groups in total. The fraction of sp³-hybridized carbons (Fsp3) is 0.185. The van der Waals surface area contributed by atoms with Crippen molar-refractivity contribution in [1.82, 2.24) is 0 Å². The Bertz CT molecular complexity index is 1290. The fourth-order valence-electron chi connectivity index (χ4n) is 3.02. The first-order chi connectivity index (χ1) is 17.9. The van der Waals surface area contributed by atoms with E-state index in [1.54, 1.807) is 9.46 Å². The highest BCUT2D eigenvalue weighted by Crippen LogP contribution is 2.18. The molecule has 12 heteroatoms. The van der Waals surface area contributed by atoms with E-state index in [0.29, 0.717) is 6.26 Å². The van der Waals surface area contributed by atoms with Crippen LogP contribution in [0.4, 0.5) is 0 Å². The molecule has 0 aliphatic rings. The summed E-state index contributed by atoms with van der Waals surface area (Å²) < 4.78 is 55.8. The Morgan fingerprint density at radius 3 is 1.15 bits per heavy atom. The van der Waals surface area contributed by atoms with E-state index in [4.69, 9.17) is 36.0 Å².